The largest absolute Gasteiger partial charge is 0.454 e. The molecule has 1 aromatic carbocycles. The highest BCUT2D eigenvalue weighted by Crippen LogP contribution is 2.63. The van der Waals surface area contributed by atoms with E-state index in [1.807, 2.05) is 0 Å². The lowest BCUT2D eigenvalue weighted by Crippen LogP contribution is -2.27. The van der Waals surface area contributed by atoms with Gasteiger partial charge in [-0.2, -0.15) is 0 Å². The van der Waals surface area contributed by atoms with Crippen molar-refractivity contribution in [2.45, 2.75) is 151 Å². The van der Waals surface area contributed by atoms with Crippen molar-refractivity contribution in [2.24, 2.45) is 0 Å². The molecule has 0 aromatic heterocycles. The summed E-state index contributed by atoms with van der Waals surface area (Å²) in [5.74, 6) is -0.971. The fraction of sp³-hybridized carbons (Fsp3) is 0.765. The molecule has 0 bridgehead atoms. The van der Waals surface area contributed by atoms with Gasteiger partial charge in [-0.15, -0.1) is 0 Å². The van der Waals surface area contributed by atoms with Crippen LogP contribution in [0.4, 0.5) is 0 Å². The number of hydrogen-bond acceptors (Lipinski definition) is 6. The summed E-state index contributed by atoms with van der Waals surface area (Å²) >= 11 is 0. The first kappa shape index (κ1) is 32.0. The average Bonchev–Trinajstić information content (AvgIpc) is 3.07. The molecule has 0 N–H and O–H groups in total. The van der Waals surface area contributed by atoms with Gasteiger partial charge < -0.3 is 18.6 Å². The van der Waals surface area contributed by atoms with E-state index in [2.05, 4.69) is 0 Å². The third-order valence-corrected chi connectivity index (χ3v) is 19.0. The number of carbonyl (C=O) groups is 2. The SMILES string of the molecule is O=C(OCP(=O)(C1CCCCC1)C1CCCCC1)c1ccc(C(=O)OCP(=O)(C2CCCCC2)C2CCCCC2)cc1. The Morgan fingerprint density at radius 2 is 0.714 bits per heavy atom. The van der Waals surface area contributed by atoms with Gasteiger partial charge in [0.15, 0.2) is 0 Å². The smallest absolute Gasteiger partial charge is 0.338 e. The summed E-state index contributed by atoms with van der Waals surface area (Å²) in [4.78, 5) is 26.1. The second kappa shape index (κ2) is 15.1. The van der Waals surface area contributed by atoms with E-state index >= 15 is 0 Å². The molecule has 0 spiro atoms. The van der Waals surface area contributed by atoms with Crippen LogP contribution in [0.2, 0.25) is 0 Å². The quantitative estimate of drug-likeness (QED) is 0.192. The maximum absolute atomic E-state index is 14.4. The summed E-state index contributed by atoms with van der Waals surface area (Å²) in [7, 11) is -5.32. The first-order valence-corrected chi connectivity index (χ1v) is 21.1. The van der Waals surface area contributed by atoms with E-state index in [0.717, 1.165) is 103 Å². The monoisotopic (exact) mass is 618 g/mol. The summed E-state index contributed by atoms with van der Waals surface area (Å²) in [6, 6.07) is 6.36. The van der Waals surface area contributed by atoms with E-state index < -0.39 is 26.2 Å². The molecule has 0 atom stereocenters. The topological polar surface area (TPSA) is 86.7 Å². The standard InChI is InChI=1S/C34H52O6P2/c35-33(39-25-41(37,29-13-5-1-6-14-29)30-15-7-2-8-16-30)27-21-23-28(24-22-27)34(36)40-26-42(38,31-17-9-3-10-18-31)32-19-11-4-12-20-32/h21-24,29-32H,1-20,25-26H2. The van der Waals surface area contributed by atoms with Crippen molar-refractivity contribution in [3.05, 3.63) is 35.4 Å². The fourth-order valence-corrected chi connectivity index (χ4v) is 15.9. The second-order valence-corrected chi connectivity index (χ2v) is 20.4. The fourth-order valence-electron chi connectivity index (χ4n) is 8.32. The Labute approximate surface area is 253 Å². The Bertz CT molecular complexity index is 990. The maximum Gasteiger partial charge on any atom is 0.338 e. The van der Waals surface area contributed by atoms with Gasteiger partial charge in [0.25, 0.3) is 0 Å². The predicted molar refractivity (Wildman–Crippen MR) is 170 cm³/mol. The number of rotatable bonds is 10. The van der Waals surface area contributed by atoms with Gasteiger partial charge in [-0.3, -0.25) is 0 Å². The average molecular weight is 619 g/mol. The first-order chi connectivity index (χ1) is 20.4. The Balaban J connectivity index is 1.19. The van der Waals surface area contributed by atoms with Crippen LogP contribution in [0.15, 0.2) is 24.3 Å². The lowest BCUT2D eigenvalue weighted by atomic mass is 9.99. The molecule has 8 heteroatoms. The van der Waals surface area contributed by atoms with E-state index in [1.165, 1.54) is 25.7 Å². The van der Waals surface area contributed by atoms with Gasteiger partial charge in [-0.05, 0) is 75.6 Å². The van der Waals surface area contributed by atoms with Crippen molar-refractivity contribution in [1.29, 1.82) is 0 Å². The molecule has 0 aliphatic heterocycles. The van der Waals surface area contributed by atoms with Crippen LogP contribution >= 0.6 is 14.3 Å². The zero-order chi connectivity index (χ0) is 29.4. The molecular weight excluding hydrogens is 566 g/mol. The molecule has 0 amide bonds. The minimum atomic E-state index is -2.66. The minimum Gasteiger partial charge on any atom is -0.454 e. The van der Waals surface area contributed by atoms with Crippen molar-refractivity contribution >= 4 is 26.2 Å². The number of hydrogen-bond donors (Lipinski definition) is 0. The van der Waals surface area contributed by atoms with Gasteiger partial charge in [-0.25, -0.2) is 9.59 Å². The number of ether oxygens (including phenoxy) is 2. The minimum absolute atomic E-state index is 0.0303. The predicted octanol–water partition coefficient (Wildman–Crippen LogP) is 9.97. The molecule has 1 aromatic rings. The molecule has 4 saturated carbocycles. The molecule has 42 heavy (non-hydrogen) atoms. The van der Waals surface area contributed by atoms with Crippen molar-refractivity contribution in [1.82, 2.24) is 0 Å². The summed E-state index contributed by atoms with van der Waals surface area (Å²) in [6.45, 7) is 0. The highest BCUT2D eigenvalue weighted by Gasteiger charge is 2.43. The van der Waals surface area contributed by atoms with Crippen LogP contribution < -0.4 is 0 Å². The van der Waals surface area contributed by atoms with Gasteiger partial charge in [0.05, 0.1) is 11.1 Å². The summed E-state index contributed by atoms with van der Waals surface area (Å²) < 4.78 is 40.4. The Morgan fingerprint density at radius 1 is 0.476 bits per heavy atom. The van der Waals surface area contributed by atoms with Crippen LogP contribution in [0, 0.1) is 0 Å². The van der Waals surface area contributed by atoms with E-state index in [9.17, 15) is 18.7 Å². The normalized spacial score (nSPS) is 22.5. The van der Waals surface area contributed by atoms with Crippen molar-refractivity contribution in [2.75, 3.05) is 12.7 Å². The first-order valence-electron chi connectivity index (χ1n) is 17.0. The number of esters is 2. The molecule has 0 unspecified atom stereocenters. The summed E-state index contributed by atoms with van der Waals surface area (Å²) in [5.41, 5.74) is 1.41. The van der Waals surface area contributed by atoms with E-state index in [4.69, 9.17) is 9.47 Å². The molecule has 0 radical (unpaired) electrons. The Morgan fingerprint density at radius 3 is 0.952 bits per heavy atom. The zero-order valence-electron chi connectivity index (χ0n) is 25.5. The molecule has 4 aliphatic carbocycles. The van der Waals surface area contributed by atoms with Crippen molar-refractivity contribution in [3.8, 4) is 0 Å². The van der Waals surface area contributed by atoms with Gasteiger partial charge in [-0.1, -0.05) is 77.0 Å². The van der Waals surface area contributed by atoms with Crippen LogP contribution in [-0.4, -0.2) is 47.3 Å². The number of benzene rings is 1. The van der Waals surface area contributed by atoms with E-state index in [0.29, 0.717) is 11.1 Å². The van der Waals surface area contributed by atoms with Crippen molar-refractivity contribution < 1.29 is 28.2 Å². The van der Waals surface area contributed by atoms with Crippen LogP contribution in [0.5, 0.6) is 0 Å². The Kier molecular flexibility index (Phi) is 11.5. The molecule has 0 saturated heterocycles. The van der Waals surface area contributed by atoms with Gasteiger partial charge in [0.1, 0.15) is 27.0 Å². The Hall–Kier alpha value is -1.38. The van der Waals surface area contributed by atoms with Gasteiger partial charge in [0.2, 0.25) is 0 Å². The zero-order valence-corrected chi connectivity index (χ0v) is 27.3. The highest BCUT2D eigenvalue weighted by molar-refractivity contribution is 7.65. The van der Waals surface area contributed by atoms with Gasteiger partial charge >= 0.3 is 11.9 Å². The third-order valence-electron chi connectivity index (χ3n) is 10.9. The third kappa shape index (κ3) is 7.63. The molecule has 4 aliphatic rings. The lowest BCUT2D eigenvalue weighted by molar-refractivity contribution is 0.0553. The van der Waals surface area contributed by atoms with Crippen LogP contribution in [-0.2, 0) is 18.6 Å². The van der Waals surface area contributed by atoms with E-state index in [1.54, 1.807) is 24.3 Å². The molecular formula is C34H52O6P2. The summed E-state index contributed by atoms with van der Waals surface area (Å²) in [6.07, 6.45) is 21.7. The lowest BCUT2D eigenvalue weighted by Gasteiger charge is -2.37. The molecule has 5 rings (SSSR count). The van der Waals surface area contributed by atoms with Crippen LogP contribution in [0.1, 0.15) is 149 Å². The van der Waals surface area contributed by atoms with Crippen LogP contribution in [0.25, 0.3) is 0 Å². The second-order valence-electron chi connectivity index (χ2n) is 13.6. The summed E-state index contributed by atoms with van der Waals surface area (Å²) in [5, 5.41) is 0. The highest BCUT2D eigenvalue weighted by atomic mass is 31.2. The van der Waals surface area contributed by atoms with Crippen LogP contribution in [0.3, 0.4) is 0 Å². The number of carbonyl (C=O) groups excluding carboxylic acids is 2. The molecule has 0 heterocycles. The van der Waals surface area contributed by atoms with Crippen molar-refractivity contribution in [3.63, 3.8) is 0 Å². The maximum atomic E-state index is 14.4. The molecule has 4 fully saturated rings. The molecule has 234 valence electrons. The van der Waals surface area contributed by atoms with E-state index in [-0.39, 0.29) is 35.3 Å². The molecule has 6 nitrogen and oxygen atoms in total. The van der Waals surface area contributed by atoms with Gasteiger partial charge in [0, 0.05) is 22.6 Å².